The largest absolute Gasteiger partial charge is 0.390 e. The lowest BCUT2D eigenvalue weighted by Gasteiger charge is -2.36. The fourth-order valence-electron chi connectivity index (χ4n) is 4.73. The SMILES string of the molecule is CC(C)CNC[C@@H](O)[C@H](Cc1ccccc1)N(Cc1ccccc1)Cc1ccccc1.O=S(=O)(O)Cc1ccccc1. The van der Waals surface area contributed by atoms with Crippen molar-refractivity contribution in [2.45, 2.75) is 51.3 Å². The lowest BCUT2D eigenvalue weighted by Crippen LogP contribution is -2.48. The van der Waals surface area contributed by atoms with E-state index in [-0.39, 0.29) is 11.8 Å². The Morgan fingerprint density at radius 3 is 1.45 bits per heavy atom. The summed E-state index contributed by atoms with van der Waals surface area (Å²) in [5, 5.41) is 14.8. The van der Waals surface area contributed by atoms with Crippen LogP contribution in [0.3, 0.4) is 0 Å². The molecule has 0 radical (unpaired) electrons. The molecule has 0 fully saturated rings. The molecule has 6 nitrogen and oxygen atoms in total. The fraction of sp³-hybridized carbons (Fsp3) is 0.314. The number of hydrogen-bond acceptors (Lipinski definition) is 5. The second-order valence-electron chi connectivity index (χ2n) is 11.0. The Morgan fingerprint density at radius 1 is 0.643 bits per heavy atom. The Kier molecular flexibility index (Phi) is 13.9. The van der Waals surface area contributed by atoms with Crippen LogP contribution in [0, 0.1) is 5.92 Å². The van der Waals surface area contributed by atoms with E-state index in [0.29, 0.717) is 18.0 Å². The van der Waals surface area contributed by atoms with Gasteiger partial charge >= 0.3 is 0 Å². The van der Waals surface area contributed by atoms with E-state index in [9.17, 15) is 13.5 Å². The molecule has 0 saturated heterocycles. The summed E-state index contributed by atoms with van der Waals surface area (Å²) in [6, 6.07) is 40.2. The van der Waals surface area contributed by atoms with Gasteiger partial charge in [-0.1, -0.05) is 135 Å². The third-order valence-electron chi connectivity index (χ3n) is 6.76. The number of aliphatic hydroxyl groups excluding tert-OH is 1. The Hall–Kier alpha value is -3.33. The first-order chi connectivity index (χ1) is 20.2. The molecule has 0 aliphatic rings. The Morgan fingerprint density at radius 2 is 1.05 bits per heavy atom. The standard InChI is InChI=1S/C28H36N2O.C7H8O3S/c1-23(2)19-29-20-28(31)27(18-24-12-6-3-7-13-24)30(21-25-14-8-4-9-15-25)22-26-16-10-5-11-17-26;8-11(9,10)6-7-4-2-1-3-5-7/h3-17,23,27-29,31H,18-22H2,1-2H3;1-5H,6H2,(H,8,9,10)/t27-,28+;/m0./s1. The van der Waals surface area contributed by atoms with Crippen molar-refractivity contribution in [1.82, 2.24) is 10.2 Å². The second kappa shape index (κ2) is 17.6. The molecule has 0 bridgehead atoms. The molecule has 0 aliphatic heterocycles. The predicted octanol–water partition coefficient (Wildman–Crippen LogP) is 5.98. The molecule has 0 heterocycles. The van der Waals surface area contributed by atoms with Gasteiger partial charge in [0.25, 0.3) is 10.1 Å². The summed E-state index contributed by atoms with van der Waals surface area (Å²) in [4.78, 5) is 2.43. The third-order valence-corrected chi connectivity index (χ3v) is 7.45. The number of nitrogens with one attached hydrogen (secondary N) is 1. The minimum Gasteiger partial charge on any atom is -0.390 e. The van der Waals surface area contributed by atoms with E-state index in [1.54, 1.807) is 30.3 Å². The van der Waals surface area contributed by atoms with Crippen molar-refractivity contribution in [2.24, 2.45) is 5.92 Å². The lowest BCUT2D eigenvalue weighted by molar-refractivity contribution is 0.0390. The first kappa shape index (κ1) is 33.2. The highest BCUT2D eigenvalue weighted by Crippen LogP contribution is 2.19. The van der Waals surface area contributed by atoms with Crippen LogP contribution in [0.5, 0.6) is 0 Å². The van der Waals surface area contributed by atoms with Gasteiger partial charge in [-0.3, -0.25) is 9.45 Å². The summed E-state index contributed by atoms with van der Waals surface area (Å²) in [6.07, 6.45) is 0.344. The molecule has 7 heteroatoms. The Bertz CT molecular complexity index is 1330. The van der Waals surface area contributed by atoms with Gasteiger partial charge < -0.3 is 10.4 Å². The van der Waals surface area contributed by atoms with E-state index in [1.807, 2.05) is 6.07 Å². The first-order valence-electron chi connectivity index (χ1n) is 14.4. The monoisotopic (exact) mass is 588 g/mol. The van der Waals surface area contributed by atoms with Gasteiger partial charge in [-0.25, -0.2) is 0 Å². The van der Waals surface area contributed by atoms with Crippen LogP contribution < -0.4 is 5.32 Å². The maximum atomic E-state index is 11.3. The number of aliphatic hydroxyl groups is 1. The van der Waals surface area contributed by atoms with Gasteiger partial charge in [-0.15, -0.1) is 0 Å². The van der Waals surface area contributed by atoms with Gasteiger partial charge in [-0.2, -0.15) is 8.42 Å². The molecular weight excluding hydrogens is 544 g/mol. The first-order valence-corrected chi connectivity index (χ1v) is 16.0. The maximum Gasteiger partial charge on any atom is 0.269 e. The van der Waals surface area contributed by atoms with Gasteiger partial charge in [0, 0.05) is 25.7 Å². The fourth-order valence-corrected chi connectivity index (χ4v) is 5.34. The smallest absolute Gasteiger partial charge is 0.269 e. The van der Waals surface area contributed by atoms with Crippen molar-refractivity contribution in [2.75, 3.05) is 13.1 Å². The minimum absolute atomic E-state index is 0.00229. The summed E-state index contributed by atoms with van der Waals surface area (Å²) in [5.41, 5.74) is 4.37. The molecule has 0 aliphatic carbocycles. The van der Waals surface area contributed by atoms with Crippen molar-refractivity contribution >= 4 is 10.1 Å². The zero-order chi connectivity index (χ0) is 30.2. The van der Waals surface area contributed by atoms with E-state index in [2.05, 4.69) is 109 Å². The molecule has 0 amide bonds. The van der Waals surface area contributed by atoms with Crippen molar-refractivity contribution in [3.8, 4) is 0 Å². The van der Waals surface area contributed by atoms with Crippen LogP contribution in [0.25, 0.3) is 0 Å². The van der Waals surface area contributed by atoms with Crippen LogP contribution in [0.4, 0.5) is 0 Å². The van der Waals surface area contributed by atoms with E-state index in [0.717, 1.165) is 26.1 Å². The van der Waals surface area contributed by atoms with Gasteiger partial charge in [0.1, 0.15) is 5.75 Å². The van der Waals surface area contributed by atoms with Crippen LogP contribution >= 0.6 is 0 Å². The molecule has 4 rings (SSSR count). The van der Waals surface area contributed by atoms with Gasteiger partial charge in [-0.05, 0) is 41.1 Å². The van der Waals surface area contributed by atoms with Crippen molar-refractivity contribution in [3.05, 3.63) is 144 Å². The summed E-state index contributed by atoms with van der Waals surface area (Å²) in [5.74, 6) is 0.248. The zero-order valence-corrected chi connectivity index (χ0v) is 25.4. The number of hydrogen-bond donors (Lipinski definition) is 3. The molecule has 0 aromatic heterocycles. The number of benzene rings is 4. The van der Waals surface area contributed by atoms with Crippen LogP contribution in [0.2, 0.25) is 0 Å². The van der Waals surface area contributed by atoms with E-state index >= 15 is 0 Å². The average Bonchev–Trinajstić information content (AvgIpc) is 2.97. The minimum atomic E-state index is -3.88. The van der Waals surface area contributed by atoms with E-state index in [1.165, 1.54) is 16.7 Å². The summed E-state index contributed by atoms with van der Waals surface area (Å²) in [6.45, 7) is 7.49. The molecule has 2 atom stereocenters. The molecule has 3 N–H and O–H groups in total. The normalized spacial score (nSPS) is 12.9. The van der Waals surface area contributed by atoms with Crippen LogP contribution in [-0.2, 0) is 35.4 Å². The summed E-state index contributed by atoms with van der Waals surface area (Å²) in [7, 11) is -3.88. The molecule has 42 heavy (non-hydrogen) atoms. The van der Waals surface area contributed by atoms with E-state index in [4.69, 9.17) is 4.55 Å². The lowest BCUT2D eigenvalue weighted by atomic mass is 9.97. The van der Waals surface area contributed by atoms with Gasteiger partial charge in [0.15, 0.2) is 0 Å². The maximum absolute atomic E-state index is 11.3. The summed E-state index contributed by atoms with van der Waals surface area (Å²) < 4.78 is 29.2. The Balaban J connectivity index is 0.000000369. The van der Waals surface area contributed by atoms with Crippen molar-refractivity contribution in [1.29, 1.82) is 0 Å². The molecule has 224 valence electrons. The third kappa shape index (κ3) is 13.1. The molecule has 4 aromatic rings. The van der Waals surface area contributed by atoms with Crippen molar-refractivity contribution in [3.63, 3.8) is 0 Å². The van der Waals surface area contributed by atoms with Crippen LogP contribution in [0.1, 0.15) is 36.1 Å². The highest BCUT2D eigenvalue weighted by Gasteiger charge is 2.27. The molecule has 4 aromatic carbocycles. The van der Waals surface area contributed by atoms with Crippen LogP contribution in [0.15, 0.2) is 121 Å². The predicted molar refractivity (Wildman–Crippen MR) is 171 cm³/mol. The van der Waals surface area contributed by atoms with Gasteiger partial charge in [0.05, 0.1) is 6.10 Å². The van der Waals surface area contributed by atoms with Gasteiger partial charge in [0.2, 0.25) is 0 Å². The molecule has 0 unspecified atom stereocenters. The Labute approximate surface area is 251 Å². The topological polar surface area (TPSA) is 89.9 Å². The van der Waals surface area contributed by atoms with Crippen molar-refractivity contribution < 1.29 is 18.1 Å². The van der Waals surface area contributed by atoms with E-state index < -0.39 is 16.2 Å². The average molecular weight is 589 g/mol. The number of rotatable bonds is 14. The second-order valence-corrected chi connectivity index (χ2v) is 12.4. The summed E-state index contributed by atoms with van der Waals surface area (Å²) >= 11 is 0. The molecule has 0 saturated carbocycles. The number of nitrogens with zero attached hydrogens (tertiary/aromatic N) is 1. The highest BCUT2D eigenvalue weighted by molar-refractivity contribution is 7.85. The van der Waals surface area contributed by atoms with Crippen LogP contribution in [-0.4, -0.2) is 48.2 Å². The molecule has 0 spiro atoms. The quantitative estimate of drug-likeness (QED) is 0.157. The molecular formula is C35H44N2O4S. The highest BCUT2D eigenvalue weighted by atomic mass is 32.2. The zero-order valence-electron chi connectivity index (χ0n) is 24.6.